The molecule has 3 rings (SSSR count). The first-order valence-electron chi connectivity index (χ1n) is 7.33. The molecule has 0 aromatic heterocycles. The van der Waals surface area contributed by atoms with Crippen LogP contribution >= 0.6 is 0 Å². The van der Waals surface area contributed by atoms with Crippen molar-refractivity contribution in [3.63, 3.8) is 0 Å². The zero-order valence-electron chi connectivity index (χ0n) is 11.7. The number of morpholine rings is 1. The summed E-state index contributed by atoms with van der Waals surface area (Å²) in [5, 5.41) is 0. The van der Waals surface area contributed by atoms with E-state index in [0.29, 0.717) is 18.8 Å². The van der Waals surface area contributed by atoms with E-state index in [0.717, 1.165) is 19.6 Å². The Morgan fingerprint density at radius 1 is 1.21 bits per heavy atom. The van der Waals surface area contributed by atoms with Gasteiger partial charge in [-0.1, -0.05) is 37.3 Å². The van der Waals surface area contributed by atoms with Gasteiger partial charge in [-0.05, 0) is 18.4 Å². The molecule has 1 aromatic rings. The molecule has 3 nitrogen and oxygen atoms in total. The maximum absolute atomic E-state index is 6.08. The van der Waals surface area contributed by atoms with Crippen LogP contribution in [-0.4, -0.2) is 43.3 Å². The van der Waals surface area contributed by atoms with Gasteiger partial charge in [0.25, 0.3) is 0 Å². The number of likely N-dealkylation sites (tertiary alicyclic amines) is 1. The van der Waals surface area contributed by atoms with E-state index in [2.05, 4.69) is 42.2 Å². The molecular formula is C16H24N2O. The van der Waals surface area contributed by atoms with Gasteiger partial charge >= 0.3 is 0 Å². The lowest BCUT2D eigenvalue weighted by molar-refractivity contribution is -0.0435. The average Bonchev–Trinajstić information content (AvgIpc) is 2.79. The standard InChI is InChI=1S/C16H24N2O/c1-16(11-17,13-5-3-2-4-6-13)12-18-9-14-7-8-15(10-18)19-14/h2-6,14-15H,7-12,17H2,1H3. The SMILES string of the molecule is CC(CN)(CN1CC2CCC(C1)O2)c1ccccc1. The molecule has 2 saturated heterocycles. The smallest absolute Gasteiger partial charge is 0.0707 e. The molecule has 2 N–H and O–H groups in total. The highest BCUT2D eigenvalue weighted by atomic mass is 16.5. The van der Waals surface area contributed by atoms with Gasteiger partial charge in [0.2, 0.25) is 0 Å². The fraction of sp³-hybridized carbons (Fsp3) is 0.625. The summed E-state index contributed by atoms with van der Waals surface area (Å²) in [5.41, 5.74) is 7.47. The van der Waals surface area contributed by atoms with Crippen LogP contribution in [0.1, 0.15) is 25.3 Å². The number of hydrogen-bond donors (Lipinski definition) is 1. The molecule has 2 aliphatic rings. The number of rotatable bonds is 4. The van der Waals surface area contributed by atoms with Crippen LogP contribution in [0.15, 0.2) is 30.3 Å². The van der Waals surface area contributed by atoms with Gasteiger partial charge in [0.05, 0.1) is 12.2 Å². The van der Waals surface area contributed by atoms with Gasteiger partial charge in [0.15, 0.2) is 0 Å². The second-order valence-electron chi connectivity index (χ2n) is 6.28. The lowest BCUT2D eigenvalue weighted by Crippen LogP contribution is -2.50. The van der Waals surface area contributed by atoms with Crippen LogP contribution in [0.25, 0.3) is 0 Å². The first kappa shape index (κ1) is 13.1. The highest BCUT2D eigenvalue weighted by Gasteiger charge is 2.37. The molecule has 3 unspecified atom stereocenters. The number of benzene rings is 1. The van der Waals surface area contributed by atoms with Crippen LogP contribution in [0.3, 0.4) is 0 Å². The van der Waals surface area contributed by atoms with Crippen molar-refractivity contribution in [3.05, 3.63) is 35.9 Å². The quantitative estimate of drug-likeness (QED) is 0.896. The lowest BCUT2D eigenvalue weighted by atomic mass is 9.82. The van der Waals surface area contributed by atoms with E-state index >= 15 is 0 Å². The summed E-state index contributed by atoms with van der Waals surface area (Å²) in [4.78, 5) is 2.55. The van der Waals surface area contributed by atoms with Crippen molar-refractivity contribution in [2.75, 3.05) is 26.2 Å². The topological polar surface area (TPSA) is 38.5 Å². The van der Waals surface area contributed by atoms with E-state index in [4.69, 9.17) is 10.5 Å². The van der Waals surface area contributed by atoms with Crippen molar-refractivity contribution in [1.82, 2.24) is 4.90 Å². The van der Waals surface area contributed by atoms with Crippen LogP contribution < -0.4 is 5.73 Å². The molecule has 0 saturated carbocycles. The molecule has 1 aromatic carbocycles. The van der Waals surface area contributed by atoms with Gasteiger partial charge in [-0.3, -0.25) is 4.90 Å². The largest absolute Gasteiger partial charge is 0.372 e. The van der Waals surface area contributed by atoms with E-state index in [1.165, 1.54) is 18.4 Å². The number of ether oxygens (including phenoxy) is 1. The predicted molar refractivity (Wildman–Crippen MR) is 77.2 cm³/mol. The number of hydrogen-bond acceptors (Lipinski definition) is 3. The maximum Gasteiger partial charge on any atom is 0.0707 e. The second-order valence-corrected chi connectivity index (χ2v) is 6.28. The van der Waals surface area contributed by atoms with Crippen molar-refractivity contribution in [1.29, 1.82) is 0 Å². The minimum Gasteiger partial charge on any atom is -0.372 e. The first-order valence-corrected chi connectivity index (χ1v) is 7.33. The Kier molecular flexibility index (Phi) is 3.61. The summed E-state index contributed by atoms with van der Waals surface area (Å²) in [6, 6.07) is 10.7. The van der Waals surface area contributed by atoms with Gasteiger partial charge in [-0.25, -0.2) is 0 Å². The zero-order valence-corrected chi connectivity index (χ0v) is 11.7. The molecule has 0 aliphatic carbocycles. The molecule has 0 amide bonds. The van der Waals surface area contributed by atoms with Crippen LogP contribution in [0, 0.1) is 0 Å². The number of nitrogens with two attached hydrogens (primary N) is 1. The lowest BCUT2D eigenvalue weighted by Gasteiger charge is -2.39. The fourth-order valence-electron chi connectivity index (χ4n) is 3.44. The third-order valence-corrected chi connectivity index (χ3v) is 4.61. The van der Waals surface area contributed by atoms with Gasteiger partial charge in [-0.15, -0.1) is 0 Å². The summed E-state index contributed by atoms with van der Waals surface area (Å²) in [6.07, 6.45) is 3.37. The molecule has 0 spiro atoms. The van der Waals surface area contributed by atoms with E-state index < -0.39 is 0 Å². The van der Waals surface area contributed by atoms with E-state index in [9.17, 15) is 0 Å². The van der Waals surface area contributed by atoms with E-state index in [1.54, 1.807) is 0 Å². The van der Waals surface area contributed by atoms with Gasteiger partial charge < -0.3 is 10.5 Å². The molecule has 3 heteroatoms. The summed E-state index contributed by atoms with van der Waals surface area (Å²) in [6.45, 7) is 6.13. The van der Waals surface area contributed by atoms with Crippen molar-refractivity contribution >= 4 is 0 Å². The highest BCUT2D eigenvalue weighted by molar-refractivity contribution is 5.25. The first-order chi connectivity index (χ1) is 9.19. The number of nitrogens with zero attached hydrogens (tertiary/aromatic N) is 1. The fourth-order valence-corrected chi connectivity index (χ4v) is 3.44. The maximum atomic E-state index is 6.08. The van der Waals surface area contributed by atoms with Crippen molar-refractivity contribution in [3.8, 4) is 0 Å². The predicted octanol–water partition coefficient (Wildman–Crippen LogP) is 1.77. The molecule has 0 radical (unpaired) electrons. The highest BCUT2D eigenvalue weighted by Crippen LogP contribution is 2.30. The Morgan fingerprint density at radius 2 is 1.84 bits per heavy atom. The normalized spacial score (nSPS) is 30.2. The molecule has 2 heterocycles. The van der Waals surface area contributed by atoms with Gasteiger partial charge in [0, 0.05) is 31.6 Å². The third-order valence-electron chi connectivity index (χ3n) is 4.61. The van der Waals surface area contributed by atoms with Gasteiger partial charge in [-0.2, -0.15) is 0 Å². The Labute approximate surface area is 115 Å². The Morgan fingerprint density at radius 3 is 2.42 bits per heavy atom. The number of fused-ring (bicyclic) bond motifs is 2. The minimum atomic E-state index is 0.0397. The Bertz CT molecular complexity index is 410. The van der Waals surface area contributed by atoms with Crippen LogP contribution in [0.5, 0.6) is 0 Å². The molecule has 104 valence electrons. The molecule has 2 fully saturated rings. The monoisotopic (exact) mass is 260 g/mol. The van der Waals surface area contributed by atoms with Gasteiger partial charge in [0.1, 0.15) is 0 Å². The molecule has 3 atom stereocenters. The third kappa shape index (κ3) is 2.69. The molecule has 2 bridgehead atoms. The van der Waals surface area contributed by atoms with Crippen molar-refractivity contribution in [2.24, 2.45) is 5.73 Å². The van der Waals surface area contributed by atoms with Crippen LogP contribution in [0.2, 0.25) is 0 Å². The summed E-state index contributed by atoms with van der Waals surface area (Å²) < 4.78 is 5.91. The molecule has 2 aliphatic heterocycles. The average molecular weight is 260 g/mol. The van der Waals surface area contributed by atoms with E-state index in [-0.39, 0.29) is 5.41 Å². The minimum absolute atomic E-state index is 0.0397. The molecule has 19 heavy (non-hydrogen) atoms. The van der Waals surface area contributed by atoms with Crippen molar-refractivity contribution in [2.45, 2.75) is 37.4 Å². The summed E-state index contributed by atoms with van der Waals surface area (Å²) in [7, 11) is 0. The van der Waals surface area contributed by atoms with E-state index in [1.807, 2.05) is 0 Å². The summed E-state index contributed by atoms with van der Waals surface area (Å²) in [5.74, 6) is 0. The summed E-state index contributed by atoms with van der Waals surface area (Å²) >= 11 is 0. The Hall–Kier alpha value is -0.900. The molecular weight excluding hydrogens is 236 g/mol. The Balaban J connectivity index is 1.73. The zero-order chi connectivity index (χ0) is 13.3. The van der Waals surface area contributed by atoms with Crippen molar-refractivity contribution < 1.29 is 4.74 Å². The second kappa shape index (κ2) is 5.23. The van der Waals surface area contributed by atoms with Crippen LogP contribution in [-0.2, 0) is 10.2 Å². The van der Waals surface area contributed by atoms with Crippen LogP contribution in [0.4, 0.5) is 0 Å².